The van der Waals surface area contributed by atoms with E-state index in [1.165, 1.54) is 12.3 Å². The van der Waals surface area contributed by atoms with Crippen LogP contribution in [0.1, 0.15) is 18.7 Å². The second-order valence-corrected chi connectivity index (χ2v) is 7.96. The number of pyridine rings is 1. The van der Waals surface area contributed by atoms with Gasteiger partial charge in [0.25, 0.3) is 5.56 Å². The summed E-state index contributed by atoms with van der Waals surface area (Å²) in [4.78, 5) is 25.1. The van der Waals surface area contributed by atoms with E-state index in [0.717, 1.165) is 30.8 Å². The highest BCUT2D eigenvalue weighted by Crippen LogP contribution is 2.45. The molecule has 2 aromatic rings. The minimum Gasteiger partial charge on any atom is -0.477 e. The number of ether oxygens (including phenoxy) is 2. The van der Waals surface area contributed by atoms with Gasteiger partial charge in [-0.05, 0) is 31.4 Å². The van der Waals surface area contributed by atoms with Crippen LogP contribution >= 0.6 is 0 Å². The quantitative estimate of drug-likeness (QED) is 0.647. The van der Waals surface area contributed by atoms with Crippen molar-refractivity contribution in [2.45, 2.75) is 38.6 Å². The van der Waals surface area contributed by atoms with Gasteiger partial charge in [0.05, 0.1) is 18.3 Å². The molecule has 0 bridgehead atoms. The first-order valence-corrected chi connectivity index (χ1v) is 10.2. The van der Waals surface area contributed by atoms with Gasteiger partial charge in [0.1, 0.15) is 12.4 Å². The summed E-state index contributed by atoms with van der Waals surface area (Å²) >= 11 is 0. The van der Waals surface area contributed by atoms with Crippen LogP contribution in [0.5, 0.6) is 5.88 Å². The zero-order chi connectivity index (χ0) is 22.9. The van der Waals surface area contributed by atoms with Crippen LogP contribution in [0.2, 0.25) is 0 Å². The van der Waals surface area contributed by atoms with E-state index in [4.69, 9.17) is 9.47 Å². The lowest BCUT2D eigenvalue weighted by molar-refractivity contribution is -0.141. The third-order valence-corrected chi connectivity index (χ3v) is 5.52. The fraction of sp³-hybridized carbons (Fsp3) is 0.455. The average molecular weight is 448 g/mol. The van der Waals surface area contributed by atoms with Gasteiger partial charge in [0.15, 0.2) is 0 Å². The molecular weight excluding hydrogens is 425 g/mol. The molecule has 1 aliphatic heterocycles. The van der Waals surface area contributed by atoms with Crippen LogP contribution in [-0.2, 0) is 11.3 Å². The van der Waals surface area contributed by atoms with Crippen molar-refractivity contribution in [1.82, 2.24) is 14.5 Å². The highest BCUT2D eigenvalue weighted by Gasteiger charge is 2.41. The number of hydrogen-bond acceptors (Lipinski definition) is 6. The molecule has 1 fully saturated rings. The Hall–Kier alpha value is -3.01. The number of allylic oxidation sites excluding steroid dienone is 1. The molecule has 2 aliphatic rings. The van der Waals surface area contributed by atoms with Gasteiger partial charge in [-0.1, -0.05) is 6.08 Å². The Morgan fingerprint density at radius 2 is 2.12 bits per heavy atom. The molecular formula is C22H23F3N4O3. The molecule has 0 amide bonds. The molecule has 4 rings (SSSR count). The molecule has 0 saturated heterocycles. The van der Waals surface area contributed by atoms with Gasteiger partial charge in [-0.3, -0.25) is 9.79 Å². The first-order chi connectivity index (χ1) is 15.2. The lowest BCUT2D eigenvalue weighted by Gasteiger charge is -2.14. The zero-order valence-electron chi connectivity index (χ0n) is 17.7. The number of aromatic nitrogens is 3. The highest BCUT2D eigenvalue weighted by molar-refractivity contribution is 5.67. The van der Waals surface area contributed by atoms with E-state index in [2.05, 4.69) is 21.0 Å². The summed E-state index contributed by atoms with van der Waals surface area (Å²) in [6.07, 6.45) is 3.84. The highest BCUT2D eigenvalue weighted by atomic mass is 19.4. The summed E-state index contributed by atoms with van der Waals surface area (Å²) in [6.45, 7) is 0.790. The van der Waals surface area contributed by atoms with Gasteiger partial charge in [0, 0.05) is 49.3 Å². The largest absolute Gasteiger partial charge is 0.477 e. The maximum absolute atomic E-state index is 12.6. The Bertz CT molecular complexity index is 1110. The lowest BCUT2D eigenvalue weighted by atomic mass is 10.1. The van der Waals surface area contributed by atoms with Crippen molar-refractivity contribution >= 4 is 6.21 Å². The number of rotatable bonds is 7. The minimum absolute atomic E-state index is 0.0188. The Balaban J connectivity index is 1.46. The fourth-order valence-electron chi connectivity index (χ4n) is 3.66. The maximum Gasteiger partial charge on any atom is 0.406 e. The molecule has 7 nitrogen and oxygen atoms in total. The summed E-state index contributed by atoms with van der Waals surface area (Å²) in [6, 6.07) is 2.57. The summed E-state index contributed by atoms with van der Waals surface area (Å²) in [5, 5.41) is 0. The molecule has 2 aromatic heterocycles. The third-order valence-electron chi connectivity index (χ3n) is 5.52. The zero-order valence-corrected chi connectivity index (χ0v) is 17.7. The van der Waals surface area contributed by atoms with Crippen molar-refractivity contribution in [3.63, 3.8) is 0 Å². The van der Waals surface area contributed by atoms with Crippen LogP contribution in [0.4, 0.5) is 13.2 Å². The topological polar surface area (TPSA) is 78.6 Å². The lowest BCUT2D eigenvalue weighted by Crippen LogP contribution is -2.27. The van der Waals surface area contributed by atoms with Crippen molar-refractivity contribution in [3.05, 3.63) is 52.5 Å². The first kappa shape index (κ1) is 22.2. The van der Waals surface area contributed by atoms with Gasteiger partial charge < -0.3 is 14.0 Å². The Morgan fingerprint density at radius 1 is 1.31 bits per heavy atom. The number of halogens is 3. The molecule has 0 spiro atoms. The predicted molar refractivity (Wildman–Crippen MR) is 112 cm³/mol. The van der Waals surface area contributed by atoms with Gasteiger partial charge >= 0.3 is 6.18 Å². The summed E-state index contributed by atoms with van der Waals surface area (Å²) in [7, 11) is 1.66. The molecule has 3 atom stereocenters. The van der Waals surface area contributed by atoms with E-state index in [9.17, 15) is 18.0 Å². The maximum atomic E-state index is 12.6. The van der Waals surface area contributed by atoms with E-state index in [1.54, 1.807) is 14.0 Å². The van der Waals surface area contributed by atoms with E-state index in [-0.39, 0.29) is 6.10 Å². The van der Waals surface area contributed by atoms with E-state index in [0.29, 0.717) is 45.8 Å². The second kappa shape index (κ2) is 8.85. The SMILES string of the molecule is COC1C=NC([C@H]2CC2COc2nc(C)ncc2-c2ccn(CC(F)(F)F)c(=O)c2)=CC1. The fourth-order valence-corrected chi connectivity index (χ4v) is 3.66. The van der Waals surface area contributed by atoms with Gasteiger partial charge in [0.2, 0.25) is 5.88 Å². The van der Waals surface area contributed by atoms with Crippen molar-refractivity contribution in [1.29, 1.82) is 0 Å². The minimum atomic E-state index is -4.48. The molecule has 32 heavy (non-hydrogen) atoms. The number of aryl methyl sites for hydroxylation is 1. The third kappa shape index (κ3) is 5.24. The molecule has 0 N–H and O–H groups in total. The van der Waals surface area contributed by atoms with Crippen LogP contribution in [0.25, 0.3) is 11.1 Å². The smallest absolute Gasteiger partial charge is 0.406 e. The number of aliphatic imine (C=N–C) groups is 1. The van der Waals surface area contributed by atoms with E-state index >= 15 is 0 Å². The van der Waals surface area contributed by atoms with Crippen molar-refractivity contribution < 1.29 is 22.6 Å². The number of nitrogens with zero attached hydrogens (tertiary/aromatic N) is 4. The molecule has 10 heteroatoms. The van der Waals surface area contributed by atoms with Crippen LogP contribution in [0.3, 0.4) is 0 Å². The molecule has 170 valence electrons. The van der Waals surface area contributed by atoms with Crippen molar-refractivity contribution in [2.75, 3.05) is 13.7 Å². The normalized spacial score (nSPS) is 22.5. The number of hydrogen-bond donors (Lipinski definition) is 0. The monoisotopic (exact) mass is 448 g/mol. The van der Waals surface area contributed by atoms with Crippen LogP contribution < -0.4 is 10.3 Å². The Kier molecular flexibility index (Phi) is 6.14. The van der Waals surface area contributed by atoms with Gasteiger partial charge in [-0.25, -0.2) is 4.98 Å². The Labute approximate surface area is 182 Å². The summed E-state index contributed by atoms with van der Waals surface area (Å²) in [5.41, 5.74) is 1.15. The number of alkyl halides is 3. The van der Waals surface area contributed by atoms with Crippen LogP contribution in [0.15, 0.2) is 46.1 Å². The summed E-state index contributed by atoms with van der Waals surface area (Å²) in [5.74, 6) is 1.41. The molecule has 0 radical (unpaired) electrons. The van der Waals surface area contributed by atoms with E-state index in [1.807, 2.05) is 6.21 Å². The van der Waals surface area contributed by atoms with E-state index < -0.39 is 18.3 Å². The second-order valence-electron chi connectivity index (χ2n) is 7.96. The molecule has 0 aromatic carbocycles. The first-order valence-electron chi connectivity index (χ1n) is 10.2. The Morgan fingerprint density at radius 3 is 2.78 bits per heavy atom. The number of methoxy groups -OCH3 is 1. The van der Waals surface area contributed by atoms with Crippen LogP contribution in [-0.4, -0.2) is 46.7 Å². The van der Waals surface area contributed by atoms with Crippen molar-refractivity contribution in [3.8, 4) is 17.0 Å². The molecule has 2 unspecified atom stereocenters. The summed E-state index contributed by atoms with van der Waals surface area (Å²) < 4.78 is 49.7. The molecule has 1 aliphatic carbocycles. The molecule has 1 saturated carbocycles. The van der Waals surface area contributed by atoms with Gasteiger partial charge in [-0.15, -0.1) is 0 Å². The van der Waals surface area contributed by atoms with Crippen LogP contribution in [0, 0.1) is 18.8 Å². The molecule has 3 heterocycles. The average Bonchev–Trinajstić information content (AvgIpc) is 3.53. The predicted octanol–water partition coefficient (Wildman–Crippen LogP) is 3.56. The van der Waals surface area contributed by atoms with Crippen molar-refractivity contribution in [2.24, 2.45) is 16.8 Å². The van der Waals surface area contributed by atoms with Gasteiger partial charge in [-0.2, -0.15) is 18.2 Å². The standard InChI is InChI=1S/C22H23F3N4O3/c1-13-26-10-18(14-5-6-29(20(30)8-14)12-22(23,24)25)21(28-13)32-11-15-7-17(15)19-4-3-16(31-2)9-27-19/h4-6,8-10,15-17H,3,7,11-12H2,1-2H3/t15?,16?,17-/m0/s1.